The zero-order valence-corrected chi connectivity index (χ0v) is 10.9. The molecule has 1 heterocycles. The molecule has 0 radical (unpaired) electrons. The van der Waals surface area contributed by atoms with Gasteiger partial charge in [-0.2, -0.15) is 13.2 Å². The van der Waals surface area contributed by atoms with E-state index in [2.05, 4.69) is 36.6 Å². The summed E-state index contributed by atoms with van der Waals surface area (Å²) in [5.74, 6) is 0. The van der Waals surface area contributed by atoms with E-state index in [0.717, 1.165) is 11.3 Å². The fraction of sp³-hybridized carbons (Fsp3) is 0.286. The molecule has 0 spiro atoms. The van der Waals surface area contributed by atoms with Gasteiger partial charge in [0.25, 0.3) is 0 Å². The van der Waals surface area contributed by atoms with E-state index < -0.39 is 12.8 Å². The van der Waals surface area contributed by atoms with Crippen molar-refractivity contribution in [2.24, 2.45) is 0 Å². The van der Waals surface area contributed by atoms with Crippen LogP contribution < -0.4 is 4.74 Å². The Hall–Kier alpha value is -0.0800. The van der Waals surface area contributed by atoms with Gasteiger partial charge in [0.15, 0.2) is 18.0 Å². The van der Waals surface area contributed by atoms with Gasteiger partial charge < -0.3 is 4.74 Å². The van der Waals surface area contributed by atoms with Gasteiger partial charge in [-0.3, -0.25) is 4.79 Å². The van der Waals surface area contributed by atoms with Crippen molar-refractivity contribution in [3.05, 3.63) is 13.8 Å². The molecular weight excluding hydrogens is 365 g/mol. The molecule has 15 heavy (non-hydrogen) atoms. The summed E-state index contributed by atoms with van der Waals surface area (Å²) in [6.45, 7) is -1.38. The molecular formula is C7H3Br2F3O2S. The number of ether oxygens (including phenoxy) is 1. The maximum absolute atomic E-state index is 11.8. The minimum absolute atomic E-state index is 0.0290. The molecule has 0 aliphatic heterocycles. The Morgan fingerprint density at radius 2 is 1.93 bits per heavy atom. The first-order chi connectivity index (χ1) is 6.85. The van der Waals surface area contributed by atoms with Crippen LogP contribution in [0.4, 0.5) is 13.2 Å². The number of hydrogen-bond donors (Lipinski definition) is 0. The maximum atomic E-state index is 11.8. The van der Waals surface area contributed by atoms with Gasteiger partial charge in [0.1, 0.15) is 0 Å². The smallest absolute Gasteiger partial charge is 0.422 e. The quantitative estimate of drug-likeness (QED) is 0.754. The van der Waals surface area contributed by atoms with E-state index in [1.807, 2.05) is 0 Å². The highest BCUT2D eigenvalue weighted by atomic mass is 79.9. The second-order valence-electron chi connectivity index (χ2n) is 2.40. The van der Waals surface area contributed by atoms with Crippen LogP contribution in [0.1, 0.15) is 9.67 Å². The summed E-state index contributed by atoms with van der Waals surface area (Å²) in [4.78, 5) is 10.8. The Kier molecular flexibility index (Phi) is 4.19. The summed E-state index contributed by atoms with van der Waals surface area (Å²) in [5, 5.41) is 0.0290. The number of carbonyl (C=O) groups excluding carboxylic acids is 1. The SMILES string of the molecule is O=Cc1sc(OCC(F)(F)F)c(Br)c1Br. The Bertz CT molecular complexity index is 375. The highest BCUT2D eigenvalue weighted by Crippen LogP contribution is 2.42. The van der Waals surface area contributed by atoms with E-state index in [1.165, 1.54) is 0 Å². The van der Waals surface area contributed by atoms with Gasteiger partial charge >= 0.3 is 6.18 Å². The number of aldehydes is 1. The van der Waals surface area contributed by atoms with E-state index in [9.17, 15) is 18.0 Å². The van der Waals surface area contributed by atoms with Crippen LogP contribution in [0, 0.1) is 0 Å². The molecule has 1 aromatic rings. The second-order valence-corrected chi connectivity index (χ2v) is 5.00. The van der Waals surface area contributed by atoms with Gasteiger partial charge in [-0.25, -0.2) is 0 Å². The van der Waals surface area contributed by atoms with Crippen molar-refractivity contribution in [3.63, 3.8) is 0 Å². The fourth-order valence-corrected chi connectivity index (χ4v) is 2.80. The maximum Gasteiger partial charge on any atom is 0.422 e. The minimum atomic E-state index is -4.39. The van der Waals surface area contributed by atoms with Crippen LogP contribution >= 0.6 is 43.2 Å². The molecule has 0 N–H and O–H groups in total. The van der Waals surface area contributed by atoms with Gasteiger partial charge in [0.05, 0.1) is 13.8 Å². The first kappa shape index (κ1) is 13.0. The molecule has 0 aliphatic carbocycles. The Morgan fingerprint density at radius 1 is 1.33 bits per heavy atom. The van der Waals surface area contributed by atoms with Crippen LogP contribution in [0.15, 0.2) is 8.95 Å². The highest BCUT2D eigenvalue weighted by molar-refractivity contribution is 9.13. The van der Waals surface area contributed by atoms with Gasteiger partial charge in [0.2, 0.25) is 0 Å². The average molecular weight is 368 g/mol. The predicted octanol–water partition coefficient (Wildman–Crippen LogP) is 4.03. The molecule has 1 rings (SSSR count). The largest absolute Gasteiger partial charge is 0.473 e. The van der Waals surface area contributed by atoms with Crippen LogP contribution in [-0.2, 0) is 0 Å². The predicted molar refractivity (Wildman–Crippen MR) is 56.7 cm³/mol. The minimum Gasteiger partial charge on any atom is -0.473 e. The van der Waals surface area contributed by atoms with Crippen molar-refractivity contribution in [2.45, 2.75) is 6.18 Å². The Labute approximate surface area is 104 Å². The van der Waals surface area contributed by atoms with Crippen LogP contribution in [0.3, 0.4) is 0 Å². The third kappa shape index (κ3) is 3.46. The summed E-state index contributed by atoms with van der Waals surface area (Å²) in [6.07, 6.45) is -3.85. The van der Waals surface area contributed by atoms with Crippen LogP contribution in [0.5, 0.6) is 5.06 Å². The number of alkyl halides is 3. The molecule has 0 aliphatic rings. The molecule has 1 aromatic heterocycles. The Balaban J connectivity index is 2.82. The van der Waals surface area contributed by atoms with E-state index in [4.69, 9.17) is 0 Å². The van der Waals surface area contributed by atoms with E-state index >= 15 is 0 Å². The zero-order valence-electron chi connectivity index (χ0n) is 6.90. The molecule has 0 amide bonds. The van der Waals surface area contributed by atoms with E-state index in [1.54, 1.807) is 0 Å². The summed E-state index contributed by atoms with van der Waals surface area (Å²) in [7, 11) is 0. The van der Waals surface area contributed by atoms with E-state index in [-0.39, 0.29) is 9.94 Å². The highest BCUT2D eigenvalue weighted by Gasteiger charge is 2.29. The summed E-state index contributed by atoms with van der Waals surface area (Å²) >= 11 is 6.92. The van der Waals surface area contributed by atoms with Gasteiger partial charge in [-0.15, -0.1) is 0 Å². The number of thiophene rings is 1. The van der Waals surface area contributed by atoms with Crippen molar-refractivity contribution in [1.29, 1.82) is 0 Å². The molecule has 0 unspecified atom stereocenters. The van der Waals surface area contributed by atoms with Crippen molar-refractivity contribution in [2.75, 3.05) is 6.61 Å². The third-order valence-electron chi connectivity index (χ3n) is 1.26. The van der Waals surface area contributed by atoms with Crippen molar-refractivity contribution in [1.82, 2.24) is 0 Å². The van der Waals surface area contributed by atoms with Crippen LogP contribution in [-0.4, -0.2) is 19.1 Å². The first-order valence-electron chi connectivity index (χ1n) is 3.47. The lowest BCUT2D eigenvalue weighted by Crippen LogP contribution is -2.18. The summed E-state index contributed by atoms with van der Waals surface area (Å²) in [6, 6.07) is 0. The number of hydrogen-bond acceptors (Lipinski definition) is 3. The normalized spacial score (nSPS) is 11.5. The third-order valence-corrected chi connectivity index (χ3v) is 4.93. The van der Waals surface area contributed by atoms with E-state index in [0.29, 0.717) is 15.2 Å². The van der Waals surface area contributed by atoms with Crippen molar-refractivity contribution >= 4 is 49.5 Å². The molecule has 0 bridgehead atoms. The second kappa shape index (κ2) is 4.84. The number of carbonyl (C=O) groups is 1. The molecule has 0 atom stereocenters. The lowest BCUT2D eigenvalue weighted by atomic mass is 10.5. The average Bonchev–Trinajstić information content (AvgIpc) is 2.40. The van der Waals surface area contributed by atoms with Gasteiger partial charge in [-0.1, -0.05) is 11.3 Å². The monoisotopic (exact) mass is 366 g/mol. The standard InChI is InChI=1S/C7H3Br2F3O2S/c8-4-3(1-13)15-6(5(4)9)14-2-7(10,11)12/h1H,2H2. The zero-order chi connectivity index (χ0) is 11.6. The topological polar surface area (TPSA) is 26.3 Å². The summed E-state index contributed by atoms with van der Waals surface area (Å²) in [5.41, 5.74) is 0. The van der Waals surface area contributed by atoms with Crippen LogP contribution in [0.25, 0.3) is 0 Å². The molecule has 0 saturated carbocycles. The lowest BCUT2D eigenvalue weighted by Gasteiger charge is -2.07. The lowest BCUT2D eigenvalue weighted by molar-refractivity contribution is -0.153. The molecule has 0 fully saturated rings. The summed E-state index contributed by atoms with van der Waals surface area (Å²) < 4.78 is 40.8. The molecule has 0 saturated heterocycles. The number of halogens is 5. The van der Waals surface area contributed by atoms with Gasteiger partial charge in [0, 0.05) is 0 Å². The van der Waals surface area contributed by atoms with Gasteiger partial charge in [-0.05, 0) is 31.9 Å². The van der Waals surface area contributed by atoms with Crippen molar-refractivity contribution in [3.8, 4) is 5.06 Å². The fourth-order valence-electron chi connectivity index (χ4n) is 0.703. The first-order valence-corrected chi connectivity index (χ1v) is 5.88. The van der Waals surface area contributed by atoms with Crippen molar-refractivity contribution < 1.29 is 22.7 Å². The molecule has 8 heteroatoms. The Morgan fingerprint density at radius 3 is 2.33 bits per heavy atom. The molecule has 2 nitrogen and oxygen atoms in total. The molecule has 84 valence electrons. The molecule has 0 aromatic carbocycles. The van der Waals surface area contributed by atoms with Crippen LogP contribution in [0.2, 0.25) is 0 Å². The number of rotatable bonds is 3.